The Morgan fingerprint density at radius 1 is 0.447 bits per heavy atom. The Morgan fingerprint density at radius 2 is 0.842 bits per heavy atom. The summed E-state index contributed by atoms with van der Waals surface area (Å²) in [6, 6.07) is 34.7. The number of aliphatic hydroxyl groups is 2. The standard InChI is InChI=1S/C32H30O6/c33-25(21-37-31-16-5-10-23-8-1-3-14-29(23)31)19-35-27-12-7-13-28(18-27)36-20-26(34)22-38-32-17-6-11-24-9-2-4-15-30(24)32/h1-18,25-26,33-34H,19-22H2. The highest BCUT2D eigenvalue weighted by Crippen LogP contribution is 2.26. The Bertz CT molecular complexity index is 1360. The quantitative estimate of drug-likeness (QED) is 0.227. The number of ether oxygens (including phenoxy) is 4. The molecule has 2 atom stereocenters. The van der Waals surface area contributed by atoms with Crippen LogP contribution in [0, 0.1) is 0 Å². The molecule has 0 saturated heterocycles. The van der Waals surface area contributed by atoms with Crippen molar-refractivity contribution in [1.82, 2.24) is 0 Å². The molecule has 0 aliphatic carbocycles. The number of hydrogen-bond donors (Lipinski definition) is 2. The Kier molecular flexibility index (Phi) is 8.23. The molecule has 0 aliphatic rings. The summed E-state index contributed by atoms with van der Waals surface area (Å²) >= 11 is 0. The minimum absolute atomic E-state index is 0.0652. The van der Waals surface area contributed by atoms with Crippen molar-refractivity contribution >= 4 is 21.5 Å². The van der Waals surface area contributed by atoms with E-state index in [1.54, 1.807) is 24.3 Å². The highest BCUT2D eigenvalue weighted by molar-refractivity contribution is 5.88. The smallest absolute Gasteiger partial charge is 0.127 e. The summed E-state index contributed by atoms with van der Waals surface area (Å²) in [4.78, 5) is 0. The van der Waals surface area contributed by atoms with Crippen LogP contribution in [0.3, 0.4) is 0 Å². The van der Waals surface area contributed by atoms with E-state index in [0.29, 0.717) is 11.5 Å². The third kappa shape index (κ3) is 6.54. The van der Waals surface area contributed by atoms with Gasteiger partial charge in [-0.25, -0.2) is 0 Å². The lowest BCUT2D eigenvalue weighted by molar-refractivity contribution is 0.0606. The highest BCUT2D eigenvalue weighted by atomic mass is 16.5. The van der Waals surface area contributed by atoms with Crippen molar-refractivity contribution in [1.29, 1.82) is 0 Å². The molecule has 5 aromatic carbocycles. The van der Waals surface area contributed by atoms with E-state index in [-0.39, 0.29) is 26.4 Å². The fourth-order valence-corrected chi connectivity index (χ4v) is 4.15. The van der Waals surface area contributed by atoms with E-state index < -0.39 is 12.2 Å². The van der Waals surface area contributed by atoms with E-state index >= 15 is 0 Å². The van der Waals surface area contributed by atoms with Crippen LogP contribution in [0.15, 0.2) is 109 Å². The van der Waals surface area contributed by atoms with Crippen LogP contribution in [0.2, 0.25) is 0 Å². The van der Waals surface area contributed by atoms with Crippen LogP contribution in [0.25, 0.3) is 21.5 Å². The number of aliphatic hydroxyl groups excluding tert-OH is 2. The van der Waals surface area contributed by atoms with Crippen LogP contribution in [0.4, 0.5) is 0 Å². The Balaban J connectivity index is 1.07. The first-order valence-corrected chi connectivity index (χ1v) is 12.6. The lowest BCUT2D eigenvalue weighted by atomic mass is 10.1. The SMILES string of the molecule is OC(COc1cccc(OCC(O)COc2cccc3ccccc23)c1)COc1cccc2ccccc12. The molecule has 0 radical (unpaired) electrons. The molecule has 0 bridgehead atoms. The maximum atomic E-state index is 10.4. The minimum atomic E-state index is -0.813. The Hall–Kier alpha value is -4.26. The van der Waals surface area contributed by atoms with Gasteiger partial charge in [-0.15, -0.1) is 0 Å². The second-order valence-corrected chi connectivity index (χ2v) is 8.98. The largest absolute Gasteiger partial charge is 0.491 e. The zero-order valence-electron chi connectivity index (χ0n) is 20.9. The van der Waals surface area contributed by atoms with Gasteiger partial charge in [0.1, 0.15) is 61.6 Å². The third-order valence-electron chi connectivity index (χ3n) is 6.05. The number of hydrogen-bond acceptors (Lipinski definition) is 6. The summed E-state index contributed by atoms with van der Waals surface area (Å²) in [5.74, 6) is 2.54. The summed E-state index contributed by atoms with van der Waals surface area (Å²) in [6.45, 7) is 0.339. The molecule has 0 spiro atoms. The minimum Gasteiger partial charge on any atom is -0.491 e. The molecule has 2 N–H and O–H groups in total. The lowest BCUT2D eigenvalue weighted by Crippen LogP contribution is -2.25. The molecule has 6 heteroatoms. The maximum absolute atomic E-state index is 10.4. The van der Waals surface area contributed by atoms with Crippen LogP contribution in [0.5, 0.6) is 23.0 Å². The molecule has 5 rings (SSSR count). The van der Waals surface area contributed by atoms with Crippen molar-refractivity contribution in [3.8, 4) is 23.0 Å². The molecular weight excluding hydrogens is 480 g/mol. The third-order valence-corrected chi connectivity index (χ3v) is 6.05. The van der Waals surface area contributed by atoms with Gasteiger partial charge in [0, 0.05) is 16.8 Å². The first kappa shape index (κ1) is 25.4. The molecule has 6 nitrogen and oxygen atoms in total. The van der Waals surface area contributed by atoms with Gasteiger partial charge in [0.05, 0.1) is 0 Å². The summed E-state index contributed by atoms with van der Waals surface area (Å²) in [5, 5.41) is 24.9. The summed E-state index contributed by atoms with van der Waals surface area (Å²) in [5.41, 5.74) is 0. The zero-order chi connectivity index (χ0) is 26.2. The lowest BCUT2D eigenvalue weighted by Gasteiger charge is -2.16. The molecule has 2 unspecified atom stereocenters. The van der Waals surface area contributed by atoms with Crippen molar-refractivity contribution < 1.29 is 29.2 Å². The van der Waals surface area contributed by atoms with E-state index in [1.165, 1.54) is 0 Å². The average molecular weight is 511 g/mol. The molecule has 0 fully saturated rings. The molecular formula is C32H30O6. The Morgan fingerprint density at radius 3 is 1.34 bits per heavy atom. The number of benzene rings is 5. The van der Waals surface area contributed by atoms with Gasteiger partial charge in [0.25, 0.3) is 0 Å². The first-order chi connectivity index (χ1) is 18.7. The topological polar surface area (TPSA) is 77.4 Å². The van der Waals surface area contributed by atoms with Crippen molar-refractivity contribution in [3.63, 3.8) is 0 Å². The zero-order valence-corrected chi connectivity index (χ0v) is 20.9. The normalized spacial score (nSPS) is 12.7. The van der Waals surface area contributed by atoms with Gasteiger partial charge in [0.15, 0.2) is 0 Å². The molecule has 0 aliphatic heterocycles. The van der Waals surface area contributed by atoms with Gasteiger partial charge < -0.3 is 29.2 Å². The predicted octanol–water partition coefficient (Wildman–Crippen LogP) is 5.63. The van der Waals surface area contributed by atoms with Gasteiger partial charge >= 0.3 is 0 Å². The second kappa shape index (κ2) is 12.3. The maximum Gasteiger partial charge on any atom is 0.127 e. The van der Waals surface area contributed by atoms with Gasteiger partial charge in [0.2, 0.25) is 0 Å². The van der Waals surface area contributed by atoms with Crippen molar-refractivity contribution in [2.45, 2.75) is 12.2 Å². The number of rotatable bonds is 12. The number of fused-ring (bicyclic) bond motifs is 2. The highest BCUT2D eigenvalue weighted by Gasteiger charge is 2.11. The van der Waals surface area contributed by atoms with E-state index in [1.807, 2.05) is 84.9 Å². The summed E-state index contributed by atoms with van der Waals surface area (Å²) < 4.78 is 23.2. The van der Waals surface area contributed by atoms with Gasteiger partial charge in [-0.05, 0) is 35.0 Å². The summed E-state index contributed by atoms with van der Waals surface area (Å²) in [6.07, 6.45) is -1.63. The van der Waals surface area contributed by atoms with Crippen LogP contribution in [-0.2, 0) is 0 Å². The molecule has 194 valence electrons. The molecule has 38 heavy (non-hydrogen) atoms. The van der Waals surface area contributed by atoms with Gasteiger partial charge in [-0.2, -0.15) is 0 Å². The molecule has 0 aromatic heterocycles. The van der Waals surface area contributed by atoms with Crippen molar-refractivity contribution in [3.05, 3.63) is 109 Å². The van der Waals surface area contributed by atoms with Crippen LogP contribution in [-0.4, -0.2) is 48.8 Å². The molecule has 5 aromatic rings. The van der Waals surface area contributed by atoms with Crippen LogP contribution >= 0.6 is 0 Å². The van der Waals surface area contributed by atoms with E-state index in [2.05, 4.69) is 0 Å². The fraction of sp³-hybridized carbons (Fsp3) is 0.188. The molecule has 0 heterocycles. The fourth-order valence-electron chi connectivity index (χ4n) is 4.15. The van der Waals surface area contributed by atoms with Crippen LogP contribution in [0.1, 0.15) is 0 Å². The van der Waals surface area contributed by atoms with E-state index in [0.717, 1.165) is 33.0 Å². The predicted molar refractivity (Wildman–Crippen MR) is 148 cm³/mol. The van der Waals surface area contributed by atoms with Gasteiger partial charge in [-0.1, -0.05) is 78.9 Å². The second-order valence-electron chi connectivity index (χ2n) is 8.98. The first-order valence-electron chi connectivity index (χ1n) is 12.6. The monoisotopic (exact) mass is 510 g/mol. The molecule has 0 amide bonds. The van der Waals surface area contributed by atoms with E-state index in [9.17, 15) is 10.2 Å². The Labute approximate surface area is 221 Å². The van der Waals surface area contributed by atoms with Crippen molar-refractivity contribution in [2.75, 3.05) is 26.4 Å². The van der Waals surface area contributed by atoms with E-state index in [4.69, 9.17) is 18.9 Å². The van der Waals surface area contributed by atoms with Crippen molar-refractivity contribution in [2.24, 2.45) is 0 Å². The molecule has 0 saturated carbocycles. The van der Waals surface area contributed by atoms with Gasteiger partial charge in [-0.3, -0.25) is 0 Å². The summed E-state index contributed by atoms with van der Waals surface area (Å²) in [7, 11) is 0. The van der Waals surface area contributed by atoms with Crippen LogP contribution < -0.4 is 18.9 Å². The average Bonchev–Trinajstić information content (AvgIpc) is 2.97.